The summed E-state index contributed by atoms with van der Waals surface area (Å²) in [6, 6.07) is 11.0. The van der Waals surface area contributed by atoms with Gasteiger partial charge in [-0.3, -0.25) is 0 Å². The van der Waals surface area contributed by atoms with Gasteiger partial charge in [0.25, 0.3) is 0 Å². The van der Waals surface area contributed by atoms with E-state index in [9.17, 15) is 19.4 Å². The van der Waals surface area contributed by atoms with Crippen molar-refractivity contribution in [3.8, 4) is 11.1 Å². The van der Waals surface area contributed by atoms with E-state index in [0.29, 0.717) is 23.6 Å². The van der Waals surface area contributed by atoms with Gasteiger partial charge in [0, 0.05) is 0 Å². The molecule has 0 aliphatic heterocycles. The monoisotopic (exact) mass is 432 g/mol. The minimum absolute atomic E-state index is 0.477. The first-order valence-corrected chi connectivity index (χ1v) is 12.4. The molecule has 2 aromatic rings. The Bertz CT molecular complexity index is 802. The summed E-state index contributed by atoms with van der Waals surface area (Å²) in [5, 5.41) is 0. The van der Waals surface area contributed by atoms with Gasteiger partial charge in [0.05, 0.1) is 0 Å². The zero-order chi connectivity index (χ0) is 21.2. The second-order valence-electron chi connectivity index (χ2n) is 8.33. The highest BCUT2D eigenvalue weighted by atomic mass is 32.5. The molecule has 0 N–H and O–H groups in total. The molecule has 1 aliphatic carbocycles. The standard InChI is InChI=1S/C23H29F5S/c1-2-3-4-5-18-6-8-19(9-7-18)20-10-12-21(13-11-20)22-14-16-23(17-15-22)29(24,25,26,27)28/h10-19H,2-9H2,1H3. The molecule has 0 aromatic heterocycles. The quantitative estimate of drug-likeness (QED) is 0.302. The Morgan fingerprint density at radius 3 is 1.72 bits per heavy atom. The van der Waals surface area contributed by atoms with Crippen LogP contribution in [-0.4, -0.2) is 0 Å². The zero-order valence-electron chi connectivity index (χ0n) is 16.7. The maximum Gasteiger partial charge on any atom is 0.310 e. The van der Waals surface area contributed by atoms with E-state index in [1.165, 1.54) is 56.9 Å². The molecule has 6 heteroatoms. The summed E-state index contributed by atoms with van der Waals surface area (Å²) >= 11 is 0. The van der Waals surface area contributed by atoms with E-state index in [1.54, 1.807) is 0 Å². The highest BCUT2D eigenvalue weighted by Gasteiger charge is 2.65. The van der Waals surface area contributed by atoms with Crippen LogP contribution in [-0.2, 0) is 0 Å². The van der Waals surface area contributed by atoms with Crippen LogP contribution in [0.3, 0.4) is 0 Å². The lowest BCUT2D eigenvalue weighted by Crippen LogP contribution is -2.13. The van der Waals surface area contributed by atoms with E-state index in [0.717, 1.165) is 23.6 Å². The Morgan fingerprint density at radius 1 is 0.724 bits per heavy atom. The van der Waals surface area contributed by atoms with Gasteiger partial charge >= 0.3 is 10.2 Å². The van der Waals surface area contributed by atoms with Crippen molar-refractivity contribution < 1.29 is 19.4 Å². The van der Waals surface area contributed by atoms with Gasteiger partial charge in [-0.1, -0.05) is 88.4 Å². The van der Waals surface area contributed by atoms with Gasteiger partial charge in [-0.25, -0.2) is 0 Å². The fourth-order valence-corrected chi connectivity index (χ4v) is 4.97. The van der Waals surface area contributed by atoms with E-state index < -0.39 is 15.1 Å². The van der Waals surface area contributed by atoms with Crippen LogP contribution in [0.5, 0.6) is 0 Å². The Morgan fingerprint density at radius 2 is 1.24 bits per heavy atom. The summed E-state index contributed by atoms with van der Waals surface area (Å²) in [5.41, 5.74) is 2.49. The van der Waals surface area contributed by atoms with Gasteiger partial charge in [-0.05, 0) is 66.3 Å². The topological polar surface area (TPSA) is 0 Å². The van der Waals surface area contributed by atoms with E-state index in [1.807, 2.05) is 24.3 Å². The van der Waals surface area contributed by atoms with Crippen LogP contribution in [0.25, 0.3) is 11.1 Å². The maximum atomic E-state index is 12.9. The Labute approximate surface area is 170 Å². The number of rotatable bonds is 7. The molecule has 0 atom stereocenters. The Balaban J connectivity index is 1.63. The van der Waals surface area contributed by atoms with Crippen molar-refractivity contribution in [2.45, 2.75) is 69.1 Å². The number of benzene rings is 2. The fraction of sp³-hybridized carbons (Fsp3) is 0.478. The fourth-order valence-electron chi connectivity index (χ4n) is 4.32. The maximum absolute atomic E-state index is 12.9. The second kappa shape index (κ2) is 7.60. The molecule has 3 rings (SSSR count). The second-order valence-corrected chi connectivity index (χ2v) is 10.7. The molecule has 0 radical (unpaired) electrons. The predicted octanol–water partition coefficient (Wildman–Crippen LogP) is 9.87. The molecule has 0 nitrogen and oxygen atoms in total. The van der Waals surface area contributed by atoms with Gasteiger partial charge < -0.3 is 0 Å². The molecule has 0 heterocycles. The third-order valence-corrected chi connectivity index (χ3v) is 7.24. The molecule has 0 unspecified atom stereocenters. The molecule has 0 bridgehead atoms. The normalized spacial score (nSPS) is 22.7. The average molecular weight is 433 g/mol. The lowest BCUT2D eigenvalue weighted by molar-refractivity contribution is 0.303. The molecule has 0 amide bonds. The van der Waals surface area contributed by atoms with Gasteiger partial charge in [0.1, 0.15) is 4.90 Å². The summed E-state index contributed by atoms with van der Waals surface area (Å²) < 4.78 is 64.3. The van der Waals surface area contributed by atoms with Crippen LogP contribution in [0.4, 0.5) is 19.4 Å². The van der Waals surface area contributed by atoms with Gasteiger partial charge in [-0.15, -0.1) is 0 Å². The van der Waals surface area contributed by atoms with Crippen LogP contribution in [0.1, 0.15) is 69.8 Å². The summed E-state index contributed by atoms with van der Waals surface area (Å²) in [6.07, 6.45) is 10.1. The third kappa shape index (κ3) is 5.97. The van der Waals surface area contributed by atoms with E-state index in [2.05, 4.69) is 6.92 Å². The molecule has 0 spiro atoms. The van der Waals surface area contributed by atoms with Gasteiger partial charge in [-0.2, -0.15) is 0 Å². The van der Waals surface area contributed by atoms with Crippen molar-refractivity contribution in [3.05, 3.63) is 54.1 Å². The summed E-state index contributed by atoms with van der Waals surface area (Å²) in [7, 11) is -9.61. The Kier molecular flexibility index (Phi) is 5.80. The largest absolute Gasteiger partial charge is 0.310 e. The number of halogens is 5. The molecule has 2 aromatic carbocycles. The predicted molar refractivity (Wildman–Crippen MR) is 112 cm³/mol. The first-order chi connectivity index (χ1) is 13.5. The van der Waals surface area contributed by atoms with Crippen molar-refractivity contribution in [3.63, 3.8) is 0 Å². The van der Waals surface area contributed by atoms with Crippen LogP contribution < -0.4 is 0 Å². The third-order valence-electron chi connectivity index (χ3n) is 6.08. The average Bonchev–Trinajstić information content (AvgIpc) is 2.67. The first kappa shape index (κ1) is 22.1. The smallest absolute Gasteiger partial charge is 0.0936 e. The van der Waals surface area contributed by atoms with Gasteiger partial charge in [0.2, 0.25) is 0 Å². The molecule has 1 fully saturated rings. The molecule has 1 saturated carbocycles. The lowest BCUT2D eigenvalue weighted by Gasteiger charge is -2.40. The van der Waals surface area contributed by atoms with Crippen molar-refractivity contribution >= 4 is 10.2 Å². The SMILES string of the molecule is CCCCCC1CCC(c2ccc(-c3ccc(S(F)(F)(F)(F)F)cc3)cc2)CC1. The molecule has 1 aliphatic rings. The molecule has 29 heavy (non-hydrogen) atoms. The molecular weight excluding hydrogens is 403 g/mol. The van der Waals surface area contributed by atoms with E-state index in [-0.39, 0.29) is 0 Å². The van der Waals surface area contributed by atoms with Crippen molar-refractivity contribution in [2.24, 2.45) is 5.92 Å². The Hall–Kier alpha value is -1.56. The van der Waals surface area contributed by atoms with Crippen LogP contribution in [0.2, 0.25) is 0 Å². The van der Waals surface area contributed by atoms with Crippen LogP contribution in [0.15, 0.2) is 53.4 Å². The van der Waals surface area contributed by atoms with Gasteiger partial charge in [0.15, 0.2) is 0 Å². The summed E-state index contributed by atoms with van der Waals surface area (Å²) in [5.74, 6) is 1.37. The zero-order valence-corrected chi connectivity index (χ0v) is 17.5. The van der Waals surface area contributed by atoms with E-state index >= 15 is 0 Å². The van der Waals surface area contributed by atoms with Crippen LogP contribution >= 0.6 is 10.2 Å². The highest BCUT2D eigenvalue weighted by molar-refractivity contribution is 8.45. The minimum atomic E-state index is -9.61. The molecular formula is C23H29F5S. The molecule has 162 valence electrons. The van der Waals surface area contributed by atoms with Crippen molar-refractivity contribution in [2.75, 3.05) is 0 Å². The summed E-state index contributed by atoms with van der Waals surface area (Å²) in [6.45, 7) is 2.22. The minimum Gasteiger partial charge on any atom is -0.0936 e. The number of hydrogen-bond donors (Lipinski definition) is 0. The first-order valence-electron chi connectivity index (χ1n) is 10.4. The number of unbranched alkanes of at least 4 members (excludes halogenated alkanes) is 2. The lowest BCUT2D eigenvalue weighted by atomic mass is 9.77. The number of hydrogen-bond acceptors (Lipinski definition) is 0. The highest BCUT2D eigenvalue weighted by Crippen LogP contribution is 3.02. The molecule has 0 saturated heterocycles. The van der Waals surface area contributed by atoms with Crippen molar-refractivity contribution in [1.82, 2.24) is 0 Å². The van der Waals surface area contributed by atoms with Crippen molar-refractivity contribution in [1.29, 1.82) is 0 Å². The summed E-state index contributed by atoms with van der Waals surface area (Å²) in [4.78, 5) is -1.85. The van der Waals surface area contributed by atoms with E-state index in [4.69, 9.17) is 0 Å². The van der Waals surface area contributed by atoms with Crippen LogP contribution in [0, 0.1) is 5.92 Å².